The average Bonchev–Trinajstić information content (AvgIpc) is 3.29. The number of esters is 1. The number of nitrogens with zero attached hydrogens (tertiary/aromatic N) is 1. The summed E-state index contributed by atoms with van der Waals surface area (Å²) in [6, 6.07) is 6.91. The molecule has 1 heterocycles. The second-order valence-electron chi connectivity index (χ2n) is 9.22. The molecule has 1 atom stereocenters. The number of amidine groups is 1. The number of alkyl carbamates (subject to hydrolysis) is 1. The predicted molar refractivity (Wildman–Crippen MR) is 135 cm³/mol. The summed E-state index contributed by atoms with van der Waals surface area (Å²) in [4.78, 5) is 47.3. The van der Waals surface area contributed by atoms with Crippen molar-refractivity contribution in [2.24, 2.45) is 5.73 Å². The minimum Gasteiger partial charge on any atom is -0.444 e. The molecule has 0 aliphatic rings. The number of unbranched alkanes of at least 4 members (excludes halogenated alkanes) is 1. The molecule has 0 saturated heterocycles. The molecule has 206 valence electrons. The van der Waals surface area contributed by atoms with E-state index in [1.807, 2.05) is 6.92 Å². The van der Waals surface area contributed by atoms with Crippen molar-refractivity contribution in [3.05, 3.63) is 41.7 Å². The van der Waals surface area contributed by atoms with E-state index in [1.165, 1.54) is 0 Å². The molecule has 0 aliphatic carbocycles. The quantitative estimate of drug-likeness (QED) is 0.116. The van der Waals surface area contributed by atoms with E-state index >= 15 is 0 Å². The highest BCUT2D eigenvalue weighted by Crippen LogP contribution is 2.20. The second-order valence-corrected chi connectivity index (χ2v) is 9.22. The summed E-state index contributed by atoms with van der Waals surface area (Å²) in [5, 5.41) is 16.8. The minimum absolute atomic E-state index is 0.126. The number of hydrogen-bond donors (Lipinski definition) is 4. The monoisotopic (exact) mass is 531 g/mol. The third kappa shape index (κ3) is 10.4. The predicted octanol–water partition coefficient (Wildman–Crippen LogP) is 2.66. The SMILES string of the molecule is CCCCOC(=O)OC(=O)C(N)CNC(=O)Cc1cc(-c2ccc(C(=N)NC(=O)OC(C)(C)C)cc2)no1. The van der Waals surface area contributed by atoms with Gasteiger partial charge in [-0.05, 0) is 27.2 Å². The van der Waals surface area contributed by atoms with E-state index in [-0.39, 0.29) is 31.2 Å². The Labute approximate surface area is 219 Å². The van der Waals surface area contributed by atoms with E-state index in [9.17, 15) is 19.2 Å². The van der Waals surface area contributed by atoms with Crippen LogP contribution in [0.3, 0.4) is 0 Å². The average molecular weight is 532 g/mol. The van der Waals surface area contributed by atoms with Crippen LogP contribution in [0.4, 0.5) is 9.59 Å². The van der Waals surface area contributed by atoms with Crippen molar-refractivity contribution >= 4 is 30.0 Å². The Kier molecular flexibility index (Phi) is 10.9. The third-order valence-electron chi connectivity index (χ3n) is 4.71. The number of nitrogens with two attached hydrogens (primary N) is 1. The smallest absolute Gasteiger partial charge is 0.444 e. The second kappa shape index (κ2) is 13.9. The lowest BCUT2D eigenvalue weighted by Crippen LogP contribution is -2.44. The molecule has 0 radical (unpaired) electrons. The third-order valence-corrected chi connectivity index (χ3v) is 4.71. The summed E-state index contributed by atoms with van der Waals surface area (Å²) in [6.45, 7) is 6.96. The molecule has 1 aromatic heterocycles. The fourth-order valence-corrected chi connectivity index (χ4v) is 2.83. The number of carbonyl (C=O) groups excluding carboxylic acids is 4. The molecule has 2 amide bonds. The van der Waals surface area contributed by atoms with Gasteiger partial charge in [0.1, 0.15) is 28.9 Å². The van der Waals surface area contributed by atoms with E-state index in [1.54, 1.807) is 51.1 Å². The van der Waals surface area contributed by atoms with Gasteiger partial charge in [-0.15, -0.1) is 0 Å². The summed E-state index contributed by atoms with van der Waals surface area (Å²) in [6.07, 6.45) is -0.585. The first kappa shape index (κ1) is 30.0. The highest BCUT2D eigenvalue weighted by molar-refractivity contribution is 6.04. The molecule has 2 rings (SSSR count). The molecule has 1 aromatic carbocycles. The molecule has 0 bridgehead atoms. The van der Waals surface area contributed by atoms with E-state index in [0.29, 0.717) is 23.2 Å². The van der Waals surface area contributed by atoms with Crippen molar-refractivity contribution in [1.82, 2.24) is 15.8 Å². The van der Waals surface area contributed by atoms with E-state index in [2.05, 4.69) is 20.5 Å². The van der Waals surface area contributed by atoms with Gasteiger partial charge in [-0.25, -0.2) is 14.4 Å². The fourth-order valence-electron chi connectivity index (χ4n) is 2.83. The van der Waals surface area contributed by atoms with Gasteiger partial charge < -0.3 is 29.8 Å². The van der Waals surface area contributed by atoms with Crippen LogP contribution in [0.2, 0.25) is 0 Å². The highest BCUT2D eigenvalue weighted by Gasteiger charge is 2.21. The van der Waals surface area contributed by atoms with Crippen LogP contribution in [-0.2, 0) is 30.2 Å². The van der Waals surface area contributed by atoms with Crippen molar-refractivity contribution in [2.45, 2.75) is 58.6 Å². The molecule has 0 fully saturated rings. The molecule has 38 heavy (non-hydrogen) atoms. The van der Waals surface area contributed by atoms with Crippen molar-refractivity contribution in [3.63, 3.8) is 0 Å². The Bertz CT molecular complexity index is 1140. The van der Waals surface area contributed by atoms with Gasteiger partial charge in [0.25, 0.3) is 0 Å². The Hall–Kier alpha value is -4.26. The van der Waals surface area contributed by atoms with Gasteiger partial charge in [0.2, 0.25) is 5.91 Å². The standard InChI is InChI=1S/C25H33N5O8/c1-5-6-11-35-24(34)36-22(32)18(26)14-28-20(31)13-17-12-19(30-38-17)15-7-9-16(10-8-15)21(27)29-23(33)37-25(2,3)4/h7-10,12,18H,5-6,11,13-14,26H2,1-4H3,(H,28,31)(H2,27,29,33). The number of aromatic nitrogens is 1. The largest absolute Gasteiger partial charge is 0.516 e. The lowest BCUT2D eigenvalue weighted by molar-refractivity contribution is -0.141. The zero-order valence-electron chi connectivity index (χ0n) is 21.8. The maximum absolute atomic E-state index is 12.2. The van der Waals surface area contributed by atoms with Gasteiger partial charge in [0.15, 0.2) is 0 Å². The fraction of sp³-hybridized carbons (Fsp3) is 0.440. The highest BCUT2D eigenvalue weighted by atomic mass is 16.7. The number of hydrogen-bond acceptors (Lipinski definition) is 11. The summed E-state index contributed by atoms with van der Waals surface area (Å²) in [7, 11) is 0. The topological polar surface area (TPSA) is 196 Å². The number of carbonyl (C=O) groups is 4. The number of rotatable bonds is 10. The van der Waals surface area contributed by atoms with Gasteiger partial charge in [-0.1, -0.05) is 42.8 Å². The van der Waals surface area contributed by atoms with Crippen LogP contribution in [0.25, 0.3) is 11.3 Å². The number of amides is 2. The first-order valence-electron chi connectivity index (χ1n) is 11.9. The molecule has 1 unspecified atom stereocenters. The Morgan fingerprint density at radius 1 is 1.16 bits per heavy atom. The van der Waals surface area contributed by atoms with Crippen LogP contribution in [0.1, 0.15) is 51.9 Å². The zero-order chi connectivity index (χ0) is 28.3. The van der Waals surface area contributed by atoms with Gasteiger partial charge in [0, 0.05) is 23.7 Å². The van der Waals surface area contributed by atoms with Crippen LogP contribution in [-0.4, -0.2) is 59.9 Å². The molecule has 0 spiro atoms. The van der Waals surface area contributed by atoms with Crippen molar-refractivity contribution in [1.29, 1.82) is 5.41 Å². The van der Waals surface area contributed by atoms with E-state index < -0.39 is 35.8 Å². The van der Waals surface area contributed by atoms with Gasteiger partial charge >= 0.3 is 18.2 Å². The Morgan fingerprint density at radius 3 is 2.47 bits per heavy atom. The molecular formula is C25H33N5O8. The number of ether oxygens (including phenoxy) is 3. The van der Waals surface area contributed by atoms with Gasteiger partial charge in [-0.3, -0.25) is 15.5 Å². The molecule has 13 heteroatoms. The van der Waals surface area contributed by atoms with Crippen LogP contribution in [0, 0.1) is 5.41 Å². The maximum atomic E-state index is 12.2. The first-order valence-corrected chi connectivity index (χ1v) is 11.9. The van der Waals surface area contributed by atoms with E-state index in [4.69, 9.17) is 25.1 Å². The summed E-state index contributed by atoms with van der Waals surface area (Å²) >= 11 is 0. The molecule has 0 saturated carbocycles. The summed E-state index contributed by atoms with van der Waals surface area (Å²) in [5.41, 5.74) is 6.53. The molecule has 0 aliphatic heterocycles. The van der Waals surface area contributed by atoms with Crippen LogP contribution >= 0.6 is 0 Å². The van der Waals surface area contributed by atoms with Crippen LogP contribution < -0.4 is 16.4 Å². The van der Waals surface area contributed by atoms with Gasteiger partial charge in [0.05, 0.1) is 13.0 Å². The van der Waals surface area contributed by atoms with Crippen LogP contribution in [0.5, 0.6) is 0 Å². The molecule has 2 aromatic rings. The van der Waals surface area contributed by atoms with Crippen molar-refractivity contribution < 1.29 is 37.9 Å². The molecular weight excluding hydrogens is 498 g/mol. The maximum Gasteiger partial charge on any atom is 0.516 e. The minimum atomic E-state index is -1.26. The zero-order valence-corrected chi connectivity index (χ0v) is 21.8. The van der Waals surface area contributed by atoms with Crippen molar-refractivity contribution in [3.8, 4) is 11.3 Å². The summed E-state index contributed by atoms with van der Waals surface area (Å²) in [5.74, 6) is -1.37. The lowest BCUT2D eigenvalue weighted by atomic mass is 10.1. The van der Waals surface area contributed by atoms with E-state index in [0.717, 1.165) is 6.42 Å². The first-order chi connectivity index (χ1) is 17.9. The number of benzene rings is 1. The molecule has 13 nitrogen and oxygen atoms in total. The van der Waals surface area contributed by atoms with Gasteiger partial charge in [-0.2, -0.15) is 0 Å². The summed E-state index contributed by atoms with van der Waals surface area (Å²) < 4.78 is 19.5. The Morgan fingerprint density at radius 2 is 1.84 bits per heavy atom. The van der Waals surface area contributed by atoms with Crippen LogP contribution in [0.15, 0.2) is 34.9 Å². The normalized spacial score (nSPS) is 11.7. The molecule has 5 N–H and O–H groups in total. The van der Waals surface area contributed by atoms with Crippen molar-refractivity contribution in [2.75, 3.05) is 13.2 Å². The lowest BCUT2D eigenvalue weighted by Gasteiger charge is -2.19. The number of nitrogens with one attached hydrogen (secondary N) is 3. The Balaban J connectivity index is 1.83.